The van der Waals surface area contributed by atoms with Crippen LogP contribution in [0.1, 0.15) is 11.3 Å². The molecule has 0 atom stereocenters. The van der Waals surface area contributed by atoms with Crippen LogP contribution in [0, 0.1) is 6.92 Å². The van der Waals surface area contributed by atoms with Crippen LogP contribution >= 0.6 is 0 Å². The molecule has 0 aliphatic rings. The highest BCUT2D eigenvalue weighted by atomic mass is 16.5. The summed E-state index contributed by atoms with van der Waals surface area (Å²) in [5.74, 6) is 1.55. The summed E-state index contributed by atoms with van der Waals surface area (Å²) in [5, 5.41) is 18.5. The molecule has 0 saturated heterocycles. The fraction of sp³-hybridized carbons (Fsp3) is 0.235. The van der Waals surface area contributed by atoms with Gasteiger partial charge in [0.1, 0.15) is 17.1 Å². The van der Waals surface area contributed by atoms with Gasteiger partial charge in [0.25, 0.3) is 0 Å². The normalized spacial score (nSPS) is 11.6. The smallest absolute Gasteiger partial charge is 0.151 e. The number of aryl methyl sites for hydroxylation is 1. The molecule has 0 aliphatic heterocycles. The first kappa shape index (κ1) is 14.3. The van der Waals surface area contributed by atoms with Crippen molar-refractivity contribution in [1.29, 1.82) is 0 Å². The molecule has 3 aromatic rings. The van der Waals surface area contributed by atoms with Gasteiger partial charge in [-0.25, -0.2) is 0 Å². The van der Waals surface area contributed by atoms with E-state index < -0.39 is 0 Å². The van der Waals surface area contributed by atoms with Crippen LogP contribution in [0.2, 0.25) is 0 Å². The first-order chi connectivity index (χ1) is 10.5. The number of ether oxygens (including phenoxy) is 1. The van der Waals surface area contributed by atoms with E-state index in [4.69, 9.17) is 9.15 Å². The maximum Gasteiger partial charge on any atom is 0.151 e. The Morgan fingerprint density at radius 3 is 2.73 bits per heavy atom. The predicted molar refractivity (Wildman–Crippen MR) is 88.0 cm³/mol. The lowest BCUT2D eigenvalue weighted by Crippen LogP contribution is -2.01. The highest BCUT2D eigenvalue weighted by molar-refractivity contribution is 6.12. The Kier molecular flexibility index (Phi) is 3.41. The Morgan fingerprint density at radius 1 is 1.27 bits per heavy atom. The molecular weight excluding hydrogens is 280 g/mol. The number of benzene rings is 2. The molecule has 1 heterocycles. The zero-order valence-electron chi connectivity index (χ0n) is 13.0. The van der Waals surface area contributed by atoms with E-state index in [2.05, 4.69) is 5.10 Å². The van der Waals surface area contributed by atoms with Gasteiger partial charge in [-0.05, 0) is 19.1 Å². The van der Waals surface area contributed by atoms with Crippen LogP contribution in [0.5, 0.6) is 11.5 Å². The Morgan fingerprint density at radius 2 is 2.05 bits per heavy atom. The maximum absolute atomic E-state index is 10.3. The standard InChI is InChI=1S/C17H18N2O3/c1-10-12-8-13(20)11-6-5-7-14(21-4)16(11)17(12)22-15(10)9-18-19(2)3/h5-9,20H,1-4H3/b18-9+. The molecular formula is C17H18N2O3. The maximum atomic E-state index is 10.3. The van der Waals surface area contributed by atoms with E-state index in [0.717, 1.165) is 16.3 Å². The van der Waals surface area contributed by atoms with Gasteiger partial charge >= 0.3 is 0 Å². The van der Waals surface area contributed by atoms with Gasteiger partial charge in [-0.1, -0.05) is 12.1 Å². The summed E-state index contributed by atoms with van der Waals surface area (Å²) in [6.07, 6.45) is 1.67. The van der Waals surface area contributed by atoms with Gasteiger partial charge in [-0.3, -0.25) is 0 Å². The summed E-state index contributed by atoms with van der Waals surface area (Å²) >= 11 is 0. The lowest BCUT2D eigenvalue weighted by Gasteiger charge is -2.07. The quantitative estimate of drug-likeness (QED) is 0.594. The molecule has 0 unspecified atom stereocenters. The summed E-state index contributed by atoms with van der Waals surface area (Å²) in [7, 11) is 5.30. The van der Waals surface area contributed by atoms with Crippen LogP contribution in [0.4, 0.5) is 0 Å². The number of hydrogen-bond donors (Lipinski definition) is 1. The highest BCUT2D eigenvalue weighted by Gasteiger charge is 2.17. The Hall–Kier alpha value is -2.69. The van der Waals surface area contributed by atoms with Crippen LogP contribution in [0.3, 0.4) is 0 Å². The molecule has 0 radical (unpaired) electrons. The second kappa shape index (κ2) is 5.26. The van der Waals surface area contributed by atoms with Crippen molar-refractivity contribution in [1.82, 2.24) is 5.01 Å². The molecule has 0 spiro atoms. The summed E-state index contributed by atoms with van der Waals surface area (Å²) < 4.78 is 11.4. The first-order valence-corrected chi connectivity index (χ1v) is 6.96. The first-order valence-electron chi connectivity index (χ1n) is 6.96. The fourth-order valence-corrected chi connectivity index (χ4v) is 2.56. The zero-order valence-corrected chi connectivity index (χ0v) is 13.0. The number of nitrogens with zero attached hydrogens (tertiary/aromatic N) is 2. The molecule has 0 amide bonds. The van der Waals surface area contributed by atoms with E-state index >= 15 is 0 Å². The predicted octanol–water partition coefficient (Wildman–Crippen LogP) is 3.50. The van der Waals surface area contributed by atoms with Crippen LogP contribution in [0.15, 0.2) is 33.8 Å². The third-order valence-electron chi connectivity index (χ3n) is 3.67. The number of furan rings is 1. The lowest BCUT2D eigenvalue weighted by atomic mass is 10.0. The summed E-state index contributed by atoms with van der Waals surface area (Å²) in [6, 6.07) is 7.27. The Bertz CT molecular complexity index is 879. The van der Waals surface area contributed by atoms with Crippen molar-refractivity contribution in [3.8, 4) is 11.5 Å². The van der Waals surface area contributed by atoms with Crippen molar-refractivity contribution in [2.24, 2.45) is 5.10 Å². The topological polar surface area (TPSA) is 58.2 Å². The number of phenolic OH excluding ortho intramolecular Hbond substituents is 1. The molecule has 22 heavy (non-hydrogen) atoms. The van der Waals surface area contributed by atoms with E-state index in [0.29, 0.717) is 22.5 Å². The fourth-order valence-electron chi connectivity index (χ4n) is 2.56. The SMILES string of the molecule is COc1cccc2c(O)cc3c(C)c(/C=N/N(C)C)oc3c12. The molecule has 1 N–H and O–H groups in total. The average Bonchev–Trinajstić information content (AvgIpc) is 2.81. The molecule has 0 fully saturated rings. The van der Waals surface area contributed by atoms with Crippen molar-refractivity contribution in [3.63, 3.8) is 0 Å². The van der Waals surface area contributed by atoms with Gasteiger partial charge in [-0.2, -0.15) is 5.10 Å². The van der Waals surface area contributed by atoms with E-state index in [1.54, 1.807) is 24.4 Å². The number of phenols is 1. The Balaban J connectivity index is 2.39. The Labute approximate surface area is 128 Å². The van der Waals surface area contributed by atoms with Gasteiger partial charge in [0.15, 0.2) is 5.76 Å². The third kappa shape index (κ3) is 2.15. The third-order valence-corrected chi connectivity index (χ3v) is 3.67. The van der Waals surface area contributed by atoms with Crippen LogP contribution in [-0.4, -0.2) is 37.5 Å². The minimum Gasteiger partial charge on any atom is -0.507 e. The number of rotatable bonds is 3. The number of aromatic hydroxyl groups is 1. The molecule has 1 aromatic heterocycles. The van der Waals surface area contributed by atoms with Gasteiger partial charge in [0.2, 0.25) is 0 Å². The molecule has 0 bridgehead atoms. The van der Waals surface area contributed by atoms with Crippen molar-refractivity contribution >= 4 is 28.0 Å². The summed E-state index contributed by atoms with van der Waals surface area (Å²) in [5.41, 5.74) is 1.63. The molecule has 114 valence electrons. The zero-order chi connectivity index (χ0) is 15.9. The molecule has 5 nitrogen and oxygen atoms in total. The van der Waals surface area contributed by atoms with Crippen LogP contribution < -0.4 is 4.74 Å². The van der Waals surface area contributed by atoms with Gasteiger partial charge in [0.05, 0.1) is 18.7 Å². The van der Waals surface area contributed by atoms with Crippen molar-refractivity contribution in [2.75, 3.05) is 21.2 Å². The van der Waals surface area contributed by atoms with Crippen molar-refractivity contribution < 1.29 is 14.3 Å². The van der Waals surface area contributed by atoms with E-state index in [1.807, 2.05) is 39.2 Å². The van der Waals surface area contributed by atoms with E-state index in [-0.39, 0.29) is 5.75 Å². The monoisotopic (exact) mass is 298 g/mol. The summed E-state index contributed by atoms with van der Waals surface area (Å²) in [6.45, 7) is 1.95. The van der Waals surface area contributed by atoms with Crippen molar-refractivity contribution in [2.45, 2.75) is 6.92 Å². The van der Waals surface area contributed by atoms with Gasteiger partial charge < -0.3 is 19.3 Å². The number of hydrogen-bond acceptors (Lipinski definition) is 5. The van der Waals surface area contributed by atoms with Crippen LogP contribution in [0.25, 0.3) is 21.7 Å². The van der Waals surface area contributed by atoms with Crippen molar-refractivity contribution in [3.05, 3.63) is 35.6 Å². The van der Waals surface area contributed by atoms with Gasteiger partial charge in [0, 0.05) is 30.4 Å². The molecule has 5 heteroatoms. The summed E-state index contributed by atoms with van der Waals surface area (Å²) in [4.78, 5) is 0. The molecule has 0 aliphatic carbocycles. The largest absolute Gasteiger partial charge is 0.507 e. The minimum atomic E-state index is 0.210. The van der Waals surface area contributed by atoms with Crippen LogP contribution in [-0.2, 0) is 0 Å². The van der Waals surface area contributed by atoms with Gasteiger partial charge in [-0.15, -0.1) is 0 Å². The second-order valence-electron chi connectivity index (χ2n) is 5.34. The lowest BCUT2D eigenvalue weighted by molar-refractivity contribution is 0.419. The number of hydrazone groups is 1. The molecule has 3 rings (SSSR count). The minimum absolute atomic E-state index is 0.210. The highest BCUT2D eigenvalue weighted by Crippen LogP contribution is 2.40. The van der Waals surface area contributed by atoms with E-state index in [9.17, 15) is 5.11 Å². The van der Waals surface area contributed by atoms with E-state index in [1.165, 1.54) is 0 Å². The average molecular weight is 298 g/mol. The number of methoxy groups -OCH3 is 1. The molecule has 0 saturated carbocycles. The molecule has 2 aromatic carbocycles. The number of fused-ring (bicyclic) bond motifs is 3. The second-order valence-corrected chi connectivity index (χ2v) is 5.34.